The predicted molar refractivity (Wildman–Crippen MR) is 126 cm³/mol. The molecule has 0 aliphatic heterocycles. The standard InChI is InChI=1S/C20H23ClN4S.C2H2O4/c1-20(2,3)15-6-4-14(5-7-15)18-23-24-19(26-13-12-22)25(18)17-10-8-16(21)9-11-17;3-1(4)2(5)6/h4-11H,12-13,22H2,1-3H3;(H,3,4)(H,5,6). The van der Waals surface area contributed by atoms with Crippen LogP contribution >= 0.6 is 23.4 Å². The van der Waals surface area contributed by atoms with Crippen molar-refractivity contribution in [3.8, 4) is 17.1 Å². The summed E-state index contributed by atoms with van der Waals surface area (Å²) in [5.74, 6) is -2.05. The van der Waals surface area contributed by atoms with E-state index in [-0.39, 0.29) is 5.41 Å². The summed E-state index contributed by atoms with van der Waals surface area (Å²) in [6, 6.07) is 16.2. The van der Waals surface area contributed by atoms with Gasteiger partial charge >= 0.3 is 11.9 Å². The minimum absolute atomic E-state index is 0.116. The monoisotopic (exact) mass is 476 g/mol. The Hall–Kier alpha value is -2.88. The molecule has 0 amide bonds. The summed E-state index contributed by atoms with van der Waals surface area (Å²) in [6.45, 7) is 7.22. The minimum atomic E-state index is -1.82. The summed E-state index contributed by atoms with van der Waals surface area (Å²) in [5, 5.41) is 25.1. The molecular weight excluding hydrogens is 452 g/mol. The van der Waals surface area contributed by atoms with E-state index in [4.69, 9.17) is 37.1 Å². The van der Waals surface area contributed by atoms with Gasteiger partial charge in [0.15, 0.2) is 11.0 Å². The van der Waals surface area contributed by atoms with Gasteiger partial charge in [-0.2, -0.15) is 0 Å². The summed E-state index contributed by atoms with van der Waals surface area (Å²) >= 11 is 7.65. The molecule has 0 fully saturated rings. The highest BCUT2D eigenvalue weighted by atomic mass is 35.5. The second-order valence-electron chi connectivity index (χ2n) is 7.69. The summed E-state index contributed by atoms with van der Waals surface area (Å²) in [4.78, 5) is 18.2. The van der Waals surface area contributed by atoms with Gasteiger partial charge < -0.3 is 15.9 Å². The zero-order valence-corrected chi connectivity index (χ0v) is 19.5. The van der Waals surface area contributed by atoms with Crippen LogP contribution in [0, 0.1) is 0 Å². The number of carbonyl (C=O) groups is 2. The Morgan fingerprint density at radius 1 is 1.00 bits per heavy atom. The molecule has 3 aromatic rings. The molecule has 10 heteroatoms. The first-order chi connectivity index (χ1) is 15.0. The third kappa shape index (κ3) is 6.81. The summed E-state index contributed by atoms with van der Waals surface area (Å²) < 4.78 is 2.06. The number of halogens is 1. The van der Waals surface area contributed by atoms with E-state index in [9.17, 15) is 0 Å². The highest BCUT2D eigenvalue weighted by Gasteiger charge is 2.18. The highest BCUT2D eigenvalue weighted by Crippen LogP contribution is 2.30. The van der Waals surface area contributed by atoms with E-state index >= 15 is 0 Å². The number of aromatic nitrogens is 3. The van der Waals surface area contributed by atoms with Gasteiger partial charge in [-0.05, 0) is 35.2 Å². The Morgan fingerprint density at radius 3 is 2.03 bits per heavy atom. The van der Waals surface area contributed by atoms with Gasteiger partial charge in [-0.25, -0.2) is 9.59 Å². The van der Waals surface area contributed by atoms with Crippen molar-refractivity contribution in [3.05, 3.63) is 59.1 Å². The molecule has 0 saturated carbocycles. The Labute approximate surface area is 195 Å². The number of carboxylic acid groups (broad SMARTS) is 2. The van der Waals surface area contributed by atoms with Gasteiger partial charge in [0.1, 0.15) is 0 Å². The lowest BCUT2D eigenvalue weighted by Crippen LogP contribution is -2.10. The fourth-order valence-electron chi connectivity index (χ4n) is 2.64. The van der Waals surface area contributed by atoms with Crippen molar-refractivity contribution in [1.82, 2.24) is 14.8 Å². The summed E-state index contributed by atoms with van der Waals surface area (Å²) in [5.41, 5.74) is 9.08. The molecule has 0 aliphatic carbocycles. The molecule has 0 radical (unpaired) electrons. The molecule has 0 bridgehead atoms. The number of hydrogen-bond donors (Lipinski definition) is 3. The highest BCUT2D eigenvalue weighted by molar-refractivity contribution is 7.99. The molecule has 0 aliphatic rings. The van der Waals surface area contributed by atoms with E-state index in [2.05, 4.69) is 59.8 Å². The van der Waals surface area contributed by atoms with E-state index in [1.165, 1.54) is 5.56 Å². The maximum Gasteiger partial charge on any atom is 0.414 e. The van der Waals surface area contributed by atoms with Gasteiger partial charge in [-0.15, -0.1) is 10.2 Å². The van der Waals surface area contributed by atoms with E-state index in [0.29, 0.717) is 11.6 Å². The molecule has 170 valence electrons. The van der Waals surface area contributed by atoms with Crippen molar-refractivity contribution < 1.29 is 19.8 Å². The van der Waals surface area contributed by atoms with Crippen LogP contribution in [0.2, 0.25) is 5.02 Å². The first-order valence-corrected chi connectivity index (χ1v) is 11.0. The van der Waals surface area contributed by atoms with Crippen LogP contribution in [0.1, 0.15) is 26.3 Å². The first-order valence-electron chi connectivity index (χ1n) is 9.66. The third-order valence-corrected chi connectivity index (χ3v) is 5.47. The van der Waals surface area contributed by atoms with Crippen LogP contribution < -0.4 is 5.73 Å². The fourth-order valence-corrected chi connectivity index (χ4v) is 3.49. The van der Waals surface area contributed by atoms with E-state index in [0.717, 1.165) is 28.0 Å². The molecule has 0 atom stereocenters. The Kier molecular flexibility index (Phi) is 8.82. The van der Waals surface area contributed by atoms with Crippen LogP contribution in [0.4, 0.5) is 0 Å². The van der Waals surface area contributed by atoms with Crippen molar-refractivity contribution in [2.45, 2.75) is 31.3 Å². The molecule has 4 N–H and O–H groups in total. The Morgan fingerprint density at radius 2 is 1.56 bits per heavy atom. The average Bonchev–Trinajstić information content (AvgIpc) is 3.16. The van der Waals surface area contributed by atoms with Crippen LogP contribution in [0.5, 0.6) is 0 Å². The number of nitrogens with zero attached hydrogens (tertiary/aromatic N) is 3. The van der Waals surface area contributed by atoms with Gasteiger partial charge in [0, 0.05) is 28.6 Å². The van der Waals surface area contributed by atoms with Crippen molar-refractivity contribution in [3.63, 3.8) is 0 Å². The van der Waals surface area contributed by atoms with Crippen molar-refractivity contribution in [2.75, 3.05) is 12.3 Å². The predicted octanol–water partition coefficient (Wildman–Crippen LogP) is 4.09. The summed E-state index contributed by atoms with van der Waals surface area (Å²) in [6.07, 6.45) is 0. The fraction of sp³-hybridized carbons (Fsp3) is 0.273. The Balaban J connectivity index is 0.000000534. The topological polar surface area (TPSA) is 131 Å². The molecule has 1 heterocycles. The van der Waals surface area contributed by atoms with Crippen molar-refractivity contribution in [1.29, 1.82) is 0 Å². The van der Waals surface area contributed by atoms with Crippen molar-refractivity contribution in [2.24, 2.45) is 5.73 Å². The van der Waals surface area contributed by atoms with Crippen LogP contribution in [-0.4, -0.2) is 49.2 Å². The second-order valence-corrected chi connectivity index (χ2v) is 9.19. The minimum Gasteiger partial charge on any atom is -0.473 e. The molecule has 8 nitrogen and oxygen atoms in total. The van der Waals surface area contributed by atoms with Gasteiger partial charge in [-0.3, -0.25) is 4.57 Å². The van der Waals surface area contributed by atoms with Crippen LogP contribution in [0.25, 0.3) is 17.1 Å². The van der Waals surface area contributed by atoms with E-state index < -0.39 is 11.9 Å². The van der Waals surface area contributed by atoms with E-state index in [1.807, 2.05) is 24.3 Å². The number of hydrogen-bond acceptors (Lipinski definition) is 6. The second kappa shape index (κ2) is 11.1. The number of carboxylic acids is 2. The van der Waals surface area contributed by atoms with Crippen LogP contribution in [0.15, 0.2) is 53.7 Å². The lowest BCUT2D eigenvalue weighted by atomic mass is 9.87. The molecule has 0 unspecified atom stereocenters. The van der Waals surface area contributed by atoms with Crippen LogP contribution in [-0.2, 0) is 15.0 Å². The molecule has 3 rings (SSSR count). The lowest BCUT2D eigenvalue weighted by molar-refractivity contribution is -0.159. The number of nitrogens with two attached hydrogens (primary N) is 1. The van der Waals surface area contributed by atoms with E-state index in [1.54, 1.807) is 11.8 Å². The Bertz CT molecular complexity index is 1050. The largest absolute Gasteiger partial charge is 0.473 e. The molecule has 2 aromatic carbocycles. The maximum atomic E-state index is 9.10. The van der Waals surface area contributed by atoms with Crippen LogP contribution in [0.3, 0.4) is 0 Å². The normalized spacial score (nSPS) is 10.9. The number of rotatable bonds is 5. The average molecular weight is 477 g/mol. The first kappa shape index (κ1) is 25.4. The molecule has 0 saturated heterocycles. The van der Waals surface area contributed by atoms with Crippen molar-refractivity contribution >= 4 is 35.3 Å². The molecular formula is C22H25ClN4O4S. The number of aliphatic carboxylic acids is 2. The quantitative estimate of drug-likeness (QED) is 0.370. The third-order valence-electron chi connectivity index (χ3n) is 4.26. The summed E-state index contributed by atoms with van der Waals surface area (Å²) in [7, 11) is 0. The van der Waals surface area contributed by atoms with Gasteiger partial charge in [0.2, 0.25) is 0 Å². The molecule has 32 heavy (non-hydrogen) atoms. The maximum absolute atomic E-state index is 9.10. The lowest BCUT2D eigenvalue weighted by Gasteiger charge is -2.19. The smallest absolute Gasteiger partial charge is 0.414 e. The van der Waals surface area contributed by atoms with Gasteiger partial charge in [-0.1, -0.05) is 68.4 Å². The molecule has 1 aromatic heterocycles. The van der Waals surface area contributed by atoms with Gasteiger partial charge in [0.05, 0.1) is 0 Å². The number of thioether (sulfide) groups is 1. The SMILES string of the molecule is CC(C)(C)c1ccc(-c2nnc(SCCN)n2-c2ccc(Cl)cc2)cc1.O=C(O)C(=O)O. The van der Waals surface area contributed by atoms with Gasteiger partial charge in [0.25, 0.3) is 0 Å². The number of benzene rings is 2. The molecule has 0 spiro atoms. The zero-order valence-electron chi connectivity index (χ0n) is 17.9. The zero-order chi connectivity index (χ0) is 23.9.